The topological polar surface area (TPSA) is 129 Å². The van der Waals surface area contributed by atoms with Crippen molar-refractivity contribution >= 4 is 29.5 Å². The third-order valence-corrected chi connectivity index (χ3v) is 5.70. The van der Waals surface area contributed by atoms with Gasteiger partial charge in [-0.1, -0.05) is 18.2 Å². The van der Waals surface area contributed by atoms with Crippen molar-refractivity contribution in [3.8, 4) is 11.1 Å². The van der Waals surface area contributed by atoms with E-state index in [2.05, 4.69) is 15.6 Å². The summed E-state index contributed by atoms with van der Waals surface area (Å²) in [6.07, 6.45) is 0.890. The summed E-state index contributed by atoms with van der Waals surface area (Å²) >= 11 is 0. The number of nitrogens with one attached hydrogen (secondary N) is 2. The number of carboxylic acids is 1. The van der Waals surface area contributed by atoms with Gasteiger partial charge in [-0.05, 0) is 41.5 Å². The molecule has 0 saturated heterocycles. The van der Waals surface area contributed by atoms with Gasteiger partial charge in [-0.3, -0.25) is 19.3 Å². The number of amides is 3. The number of rotatable bonds is 6. The third-order valence-electron chi connectivity index (χ3n) is 5.70. The van der Waals surface area contributed by atoms with Crippen LogP contribution in [0.2, 0.25) is 0 Å². The van der Waals surface area contributed by atoms with Gasteiger partial charge in [0.15, 0.2) is 11.8 Å². The van der Waals surface area contributed by atoms with Crippen LogP contribution in [0.25, 0.3) is 11.1 Å². The summed E-state index contributed by atoms with van der Waals surface area (Å²) in [4.78, 5) is 54.9. The largest absolute Gasteiger partial charge is 0.481 e. The Labute approximate surface area is 203 Å². The average Bonchev–Trinajstić information content (AvgIpc) is 2.84. The van der Waals surface area contributed by atoms with E-state index in [-0.39, 0.29) is 16.9 Å². The first-order valence-corrected chi connectivity index (χ1v) is 10.8. The molecule has 2 aromatic carbocycles. The number of aromatic nitrogens is 1. The predicted molar refractivity (Wildman–Crippen MR) is 124 cm³/mol. The lowest BCUT2D eigenvalue weighted by molar-refractivity contribution is -0.137. The molecule has 0 radical (unpaired) electrons. The van der Waals surface area contributed by atoms with E-state index in [1.807, 2.05) is 0 Å². The zero-order chi connectivity index (χ0) is 26.0. The quantitative estimate of drug-likeness (QED) is 0.452. The van der Waals surface area contributed by atoms with E-state index in [0.29, 0.717) is 11.1 Å². The summed E-state index contributed by atoms with van der Waals surface area (Å²) in [6, 6.07) is 8.59. The molecule has 184 valence electrons. The number of likely N-dealkylation sites (N-methyl/N-ethyl adjacent to an activating group) is 1. The van der Waals surface area contributed by atoms with E-state index in [1.54, 1.807) is 6.07 Å². The summed E-state index contributed by atoms with van der Waals surface area (Å²) in [5, 5.41) is 14.2. The normalized spacial score (nSPS) is 15.8. The monoisotopic (exact) mass is 494 g/mol. The highest BCUT2D eigenvalue weighted by Crippen LogP contribution is 2.28. The Balaban J connectivity index is 1.57. The van der Waals surface area contributed by atoms with Gasteiger partial charge >= 0.3 is 12.0 Å². The van der Waals surface area contributed by atoms with Crippen molar-refractivity contribution in [2.24, 2.45) is 0 Å². The van der Waals surface area contributed by atoms with Gasteiger partial charge in [0.05, 0.1) is 18.0 Å². The second kappa shape index (κ2) is 9.90. The van der Waals surface area contributed by atoms with Crippen LogP contribution in [0.5, 0.6) is 0 Å². The average molecular weight is 494 g/mol. The minimum absolute atomic E-state index is 0.0884. The number of ketones is 1. The molecule has 2 unspecified atom stereocenters. The number of carbonyl (C=O) groups excluding carboxylic acids is 3. The SMILES string of the molecule is CN1C(=O)C(NC(=O)NC(CC(=O)O)c2cccc(-c3ccc(F)cc3F)c2)C(=O)c2cccnc21. The highest BCUT2D eigenvalue weighted by atomic mass is 19.1. The summed E-state index contributed by atoms with van der Waals surface area (Å²) in [5.41, 5.74) is 0.902. The van der Waals surface area contributed by atoms with Crippen LogP contribution < -0.4 is 15.5 Å². The Morgan fingerprint density at radius 3 is 2.58 bits per heavy atom. The number of carbonyl (C=O) groups is 4. The molecule has 4 rings (SSSR count). The number of benzene rings is 2. The predicted octanol–water partition coefficient (Wildman–Crippen LogP) is 3.07. The molecule has 0 spiro atoms. The molecule has 36 heavy (non-hydrogen) atoms. The van der Waals surface area contributed by atoms with E-state index in [0.717, 1.165) is 17.0 Å². The molecule has 1 aromatic heterocycles. The van der Waals surface area contributed by atoms with Crippen LogP contribution in [0.4, 0.5) is 19.4 Å². The Hall–Kier alpha value is -4.67. The zero-order valence-corrected chi connectivity index (χ0v) is 18.9. The van der Waals surface area contributed by atoms with Gasteiger partial charge in [0.2, 0.25) is 0 Å². The van der Waals surface area contributed by atoms with Crippen molar-refractivity contribution in [1.29, 1.82) is 0 Å². The number of fused-ring (bicyclic) bond motifs is 1. The van der Waals surface area contributed by atoms with E-state index in [1.165, 1.54) is 49.6 Å². The molecular weight excluding hydrogens is 474 g/mol. The van der Waals surface area contributed by atoms with Crippen molar-refractivity contribution in [2.75, 3.05) is 11.9 Å². The first-order chi connectivity index (χ1) is 17.2. The lowest BCUT2D eigenvalue weighted by atomic mass is 9.97. The fourth-order valence-electron chi connectivity index (χ4n) is 3.95. The number of pyridine rings is 1. The number of Topliss-reactive ketones (excluding diaryl/α,β-unsaturated/α-hetero) is 1. The smallest absolute Gasteiger partial charge is 0.316 e. The van der Waals surface area contributed by atoms with E-state index in [4.69, 9.17) is 0 Å². The van der Waals surface area contributed by atoms with Crippen LogP contribution >= 0.6 is 0 Å². The Morgan fingerprint density at radius 1 is 1.08 bits per heavy atom. The molecule has 1 aliphatic rings. The number of hydrogen-bond donors (Lipinski definition) is 3. The molecule has 0 fully saturated rings. The first-order valence-electron chi connectivity index (χ1n) is 10.8. The molecule has 3 N–H and O–H groups in total. The van der Waals surface area contributed by atoms with Crippen molar-refractivity contribution < 1.29 is 33.1 Å². The summed E-state index contributed by atoms with van der Waals surface area (Å²) in [6.45, 7) is 0. The fourth-order valence-corrected chi connectivity index (χ4v) is 3.95. The molecular formula is C25H20F2N4O5. The number of halogens is 2. The third kappa shape index (κ3) is 4.90. The lowest BCUT2D eigenvalue weighted by Crippen LogP contribution is -2.57. The molecule has 2 atom stereocenters. The maximum absolute atomic E-state index is 14.3. The van der Waals surface area contributed by atoms with Crippen LogP contribution in [-0.2, 0) is 9.59 Å². The van der Waals surface area contributed by atoms with Gasteiger partial charge in [0.25, 0.3) is 5.91 Å². The number of carboxylic acid groups (broad SMARTS) is 1. The standard InChI is InChI=1S/C25H20F2N4O5/c1-31-23-17(6-3-9-28-23)22(34)21(24(31)35)30-25(36)29-19(12-20(32)33)14-5-2-4-13(10-14)16-8-7-15(26)11-18(16)27/h2-11,19,21H,12H2,1H3,(H,32,33)(H2,29,30,36). The number of anilines is 1. The van der Waals surface area contributed by atoms with Crippen LogP contribution in [-0.4, -0.2) is 46.9 Å². The zero-order valence-electron chi connectivity index (χ0n) is 18.9. The molecule has 2 heterocycles. The lowest BCUT2D eigenvalue weighted by Gasteiger charge is -2.30. The van der Waals surface area contributed by atoms with Crippen molar-refractivity contribution in [3.63, 3.8) is 0 Å². The Bertz CT molecular complexity index is 1380. The molecule has 0 saturated carbocycles. The molecule has 3 aromatic rings. The van der Waals surface area contributed by atoms with Crippen LogP contribution in [0.15, 0.2) is 60.8 Å². The number of urea groups is 1. The van der Waals surface area contributed by atoms with Gasteiger partial charge in [0.1, 0.15) is 17.5 Å². The minimum Gasteiger partial charge on any atom is -0.481 e. The van der Waals surface area contributed by atoms with Gasteiger partial charge in [0, 0.05) is 24.9 Å². The second-order valence-corrected chi connectivity index (χ2v) is 8.09. The maximum atomic E-state index is 14.3. The number of nitrogens with zero attached hydrogens (tertiary/aromatic N) is 2. The second-order valence-electron chi connectivity index (χ2n) is 8.09. The van der Waals surface area contributed by atoms with Crippen LogP contribution in [0.3, 0.4) is 0 Å². The van der Waals surface area contributed by atoms with Crippen LogP contribution in [0.1, 0.15) is 28.4 Å². The van der Waals surface area contributed by atoms with Gasteiger partial charge in [-0.25, -0.2) is 18.6 Å². The highest BCUT2D eigenvalue weighted by molar-refractivity contribution is 6.24. The number of hydrogen-bond acceptors (Lipinski definition) is 5. The van der Waals surface area contributed by atoms with E-state index >= 15 is 0 Å². The van der Waals surface area contributed by atoms with Crippen molar-refractivity contribution in [2.45, 2.75) is 18.5 Å². The van der Waals surface area contributed by atoms with E-state index < -0.39 is 53.8 Å². The van der Waals surface area contributed by atoms with Crippen LogP contribution in [0, 0.1) is 11.6 Å². The minimum atomic E-state index is -1.53. The molecule has 1 aliphatic heterocycles. The summed E-state index contributed by atoms with van der Waals surface area (Å²) < 4.78 is 27.6. The summed E-state index contributed by atoms with van der Waals surface area (Å²) in [5.74, 6) is -3.97. The maximum Gasteiger partial charge on any atom is 0.316 e. The van der Waals surface area contributed by atoms with Crippen molar-refractivity contribution in [3.05, 3.63) is 83.6 Å². The Morgan fingerprint density at radius 2 is 1.86 bits per heavy atom. The highest BCUT2D eigenvalue weighted by Gasteiger charge is 2.39. The van der Waals surface area contributed by atoms with E-state index in [9.17, 15) is 33.1 Å². The van der Waals surface area contributed by atoms with Crippen molar-refractivity contribution in [1.82, 2.24) is 15.6 Å². The Kier molecular flexibility index (Phi) is 6.73. The first kappa shape index (κ1) is 24.5. The molecule has 0 aliphatic carbocycles. The van der Waals surface area contributed by atoms with Gasteiger partial charge in [-0.15, -0.1) is 0 Å². The molecule has 0 bridgehead atoms. The van der Waals surface area contributed by atoms with Gasteiger partial charge < -0.3 is 15.7 Å². The molecule has 11 heteroatoms. The number of aliphatic carboxylic acids is 1. The molecule has 3 amide bonds. The summed E-state index contributed by atoms with van der Waals surface area (Å²) in [7, 11) is 1.42. The molecule has 9 nitrogen and oxygen atoms in total. The fraction of sp³-hybridized carbons (Fsp3) is 0.160. The van der Waals surface area contributed by atoms with Gasteiger partial charge in [-0.2, -0.15) is 0 Å².